The van der Waals surface area contributed by atoms with Gasteiger partial charge in [-0.3, -0.25) is 13.9 Å². The standard InChI is InChI=1S/C23H28N3O7PS/c1-17(33-34(29,25-7-8-25)26-9-10-26)18-5-6-21(27)22(16-18)32-20-4-2-3-19(15-20)23(28)24-11-13-35(30,31)14-12-24/h2-6,15-17,27H,7-14H2,1H3. The lowest BCUT2D eigenvalue weighted by Crippen LogP contribution is -2.43. The number of rotatable bonds is 8. The Kier molecular flexibility index (Phi) is 6.39. The molecular formula is C23H28N3O7PS. The third kappa shape index (κ3) is 5.39. The van der Waals surface area contributed by atoms with E-state index in [9.17, 15) is 22.9 Å². The van der Waals surface area contributed by atoms with Crippen LogP contribution < -0.4 is 4.74 Å². The fourth-order valence-corrected chi connectivity index (χ4v) is 7.51. The molecule has 3 aliphatic rings. The number of benzene rings is 2. The molecule has 3 heterocycles. The number of amides is 1. The highest BCUT2D eigenvalue weighted by Gasteiger charge is 2.50. The number of sulfone groups is 1. The summed E-state index contributed by atoms with van der Waals surface area (Å²) in [6.45, 7) is 5.16. The molecule has 0 saturated carbocycles. The second kappa shape index (κ2) is 9.22. The first-order valence-corrected chi connectivity index (χ1v) is 14.9. The lowest BCUT2D eigenvalue weighted by molar-refractivity contribution is 0.0770. The van der Waals surface area contributed by atoms with Crippen LogP contribution >= 0.6 is 7.67 Å². The van der Waals surface area contributed by atoms with E-state index in [1.165, 1.54) is 11.0 Å². The van der Waals surface area contributed by atoms with E-state index in [4.69, 9.17) is 9.26 Å². The van der Waals surface area contributed by atoms with Crippen molar-refractivity contribution in [3.05, 3.63) is 53.6 Å². The zero-order chi connectivity index (χ0) is 24.8. The third-order valence-corrected chi connectivity index (χ3v) is 10.7. The van der Waals surface area contributed by atoms with Crippen LogP contribution in [0.1, 0.15) is 28.9 Å². The maximum absolute atomic E-state index is 13.3. The zero-order valence-corrected chi connectivity index (χ0v) is 21.1. The fourth-order valence-electron chi connectivity index (χ4n) is 3.96. The quantitative estimate of drug-likeness (QED) is 0.413. The van der Waals surface area contributed by atoms with Crippen LogP contribution in [0.4, 0.5) is 0 Å². The SMILES string of the molecule is CC(OP(=O)(N1CC1)N1CC1)c1ccc(O)c(Oc2cccc(C(=O)N3CCS(=O)(=O)CC3)c2)c1. The van der Waals surface area contributed by atoms with Crippen molar-refractivity contribution in [1.82, 2.24) is 14.2 Å². The van der Waals surface area contributed by atoms with E-state index in [0.29, 0.717) is 16.9 Å². The molecule has 0 aromatic heterocycles. The molecule has 2 aromatic rings. The summed E-state index contributed by atoms with van der Waals surface area (Å²) in [6.07, 6.45) is -0.492. The number of aromatic hydroxyl groups is 1. The summed E-state index contributed by atoms with van der Waals surface area (Å²) in [5.74, 6) is 0.0851. The Morgan fingerprint density at radius 3 is 2.29 bits per heavy atom. The van der Waals surface area contributed by atoms with Crippen LogP contribution in [0, 0.1) is 0 Å². The third-order valence-electron chi connectivity index (χ3n) is 6.25. The molecule has 0 aliphatic carbocycles. The summed E-state index contributed by atoms with van der Waals surface area (Å²) in [7, 11) is -6.10. The van der Waals surface area contributed by atoms with E-state index < -0.39 is 23.6 Å². The van der Waals surface area contributed by atoms with Crippen LogP contribution in [0.2, 0.25) is 0 Å². The molecule has 5 rings (SSSR count). The number of hydrogen-bond donors (Lipinski definition) is 1. The van der Waals surface area contributed by atoms with Gasteiger partial charge < -0.3 is 14.7 Å². The van der Waals surface area contributed by atoms with Crippen LogP contribution in [0.15, 0.2) is 42.5 Å². The van der Waals surface area contributed by atoms with Gasteiger partial charge in [0.2, 0.25) is 0 Å². The largest absolute Gasteiger partial charge is 0.504 e. The number of hydrogen-bond acceptors (Lipinski definition) is 7. The van der Waals surface area contributed by atoms with Crippen molar-refractivity contribution in [1.29, 1.82) is 0 Å². The molecule has 0 bridgehead atoms. The van der Waals surface area contributed by atoms with Crippen molar-refractivity contribution in [2.45, 2.75) is 13.0 Å². The summed E-state index contributed by atoms with van der Waals surface area (Å²) in [4.78, 5) is 14.4. The summed E-state index contributed by atoms with van der Waals surface area (Å²) in [6, 6.07) is 11.4. The summed E-state index contributed by atoms with van der Waals surface area (Å²) in [5, 5.41) is 10.4. The molecule has 3 aliphatic heterocycles. The van der Waals surface area contributed by atoms with Gasteiger partial charge in [-0.05, 0) is 42.8 Å². The van der Waals surface area contributed by atoms with Crippen LogP contribution in [0.5, 0.6) is 17.2 Å². The minimum Gasteiger partial charge on any atom is -0.504 e. The Bertz CT molecular complexity index is 1260. The first-order valence-electron chi connectivity index (χ1n) is 11.5. The second-order valence-electron chi connectivity index (χ2n) is 8.95. The lowest BCUT2D eigenvalue weighted by atomic mass is 10.1. The van der Waals surface area contributed by atoms with Gasteiger partial charge >= 0.3 is 7.67 Å². The van der Waals surface area contributed by atoms with E-state index in [2.05, 4.69) is 0 Å². The Hall–Kier alpha value is -2.43. The summed E-state index contributed by atoms with van der Waals surface area (Å²) >= 11 is 0. The van der Waals surface area contributed by atoms with Gasteiger partial charge in [0, 0.05) is 44.8 Å². The van der Waals surface area contributed by atoms with Gasteiger partial charge in [0.05, 0.1) is 17.6 Å². The molecular weight excluding hydrogens is 493 g/mol. The molecule has 35 heavy (non-hydrogen) atoms. The first-order chi connectivity index (χ1) is 16.6. The van der Waals surface area contributed by atoms with Crippen molar-refractivity contribution in [2.24, 2.45) is 0 Å². The number of ether oxygens (including phenoxy) is 1. The average molecular weight is 522 g/mol. The molecule has 1 N–H and O–H groups in total. The highest BCUT2D eigenvalue weighted by molar-refractivity contribution is 7.91. The topological polar surface area (TPSA) is 116 Å². The van der Waals surface area contributed by atoms with E-state index in [1.807, 2.05) is 16.3 Å². The predicted molar refractivity (Wildman–Crippen MR) is 129 cm³/mol. The van der Waals surface area contributed by atoms with Gasteiger partial charge in [0.15, 0.2) is 21.3 Å². The molecule has 10 nitrogen and oxygen atoms in total. The molecule has 3 fully saturated rings. The highest BCUT2D eigenvalue weighted by atomic mass is 32.2. The Labute approximate surface area is 204 Å². The van der Waals surface area contributed by atoms with Gasteiger partial charge in [-0.25, -0.2) is 17.8 Å². The van der Waals surface area contributed by atoms with E-state index in [0.717, 1.165) is 26.2 Å². The van der Waals surface area contributed by atoms with Gasteiger partial charge in [0.25, 0.3) is 5.91 Å². The van der Waals surface area contributed by atoms with Gasteiger partial charge in [-0.1, -0.05) is 12.1 Å². The van der Waals surface area contributed by atoms with Crippen LogP contribution in [-0.4, -0.2) is 84.4 Å². The molecule has 2 aromatic carbocycles. The first kappa shape index (κ1) is 24.3. The van der Waals surface area contributed by atoms with Gasteiger partial charge in [0.1, 0.15) is 5.75 Å². The van der Waals surface area contributed by atoms with E-state index in [1.54, 1.807) is 36.4 Å². The maximum Gasteiger partial charge on any atom is 0.346 e. The predicted octanol–water partition coefficient (Wildman–Crippen LogP) is 2.87. The molecule has 1 amide bonds. The number of carbonyl (C=O) groups is 1. The molecule has 1 unspecified atom stereocenters. The molecule has 12 heteroatoms. The van der Waals surface area contributed by atoms with Crippen LogP contribution in [0.3, 0.4) is 0 Å². The van der Waals surface area contributed by atoms with Crippen molar-refractivity contribution < 1.29 is 32.1 Å². The van der Waals surface area contributed by atoms with E-state index >= 15 is 0 Å². The van der Waals surface area contributed by atoms with Crippen molar-refractivity contribution in [3.8, 4) is 17.2 Å². The van der Waals surface area contributed by atoms with Gasteiger partial charge in [-0.2, -0.15) is 0 Å². The Morgan fingerprint density at radius 2 is 1.66 bits per heavy atom. The van der Waals surface area contributed by atoms with Crippen molar-refractivity contribution in [2.75, 3.05) is 50.8 Å². The average Bonchev–Trinajstić information content (AvgIpc) is 3.72. The van der Waals surface area contributed by atoms with Crippen LogP contribution in [-0.2, 0) is 18.9 Å². The normalized spacial score (nSPS) is 20.9. The molecule has 188 valence electrons. The van der Waals surface area contributed by atoms with Crippen molar-refractivity contribution >= 4 is 23.4 Å². The second-order valence-corrected chi connectivity index (χ2v) is 13.6. The molecule has 3 saturated heterocycles. The number of nitrogens with zero attached hydrogens (tertiary/aromatic N) is 3. The monoisotopic (exact) mass is 521 g/mol. The summed E-state index contributed by atoms with van der Waals surface area (Å²) in [5.41, 5.74) is 1.07. The Morgan fingerprint density at radius 1 is 1.00 bits per heavy atom. The lowest BCUT2D eigenvalue weighted by Gasteiger charge is -2.26. The van der Waals surface area contributed by atoms with E-state index in [-0.39, 0.29) is 42.0 Å². The number of phenolic OH excluding ortho intramolecular Hbond substituents is 1. The number of carbonyl (C=O) groups excluding carboxylic acids is 1. The van der Waals surface area contributed by atoms with Gasteiger partial charge in [-0.15, -0.1) is 0 Å². The molecule has 0 radical (unpaired) electrons. The number of phenols is 1. The minimum atomic E-state index is -3.09. The molecule has 1 atom stereocenters. The smallest absolute Gasteiger partial charge is 0.346 e. The maximum atomic E-state index is 13.3. The Balaban J connectivity index is 1.30. The minimum absolute atomic E-state index is 0.0434. The van der Waals surface area contributed by atoms with Crippen molar-refractivity contribution in [3.63, 3.8) is 0 Å². The highest BCUT2D eigenvalue weighted by Crippen LogP contribution is 2.63. The van der Waals surface area contributed by atoms with Crippen LogP contribution in [0.25, 0.3) is 0 Å². The summed E-state index contributed by atoms with van der Waals surface area (Å²) < 4.78 is 52.2. The fraction of sp³-hybridized carbons (Fsp3) is 0.435. The zero-order valence-electron chi connectivity index (χ0n) is 19.4. The molecule has 0 spiro atoms.